The number of aromatic nitrogens is 3. The van der Waals surface area contributed by atoms with Crippen LogP contribution in [0.15, 0.2) is 67.0 Å². The highest BCUT2D eigenvalue weighted by molar-refractivity contribution is 6.02. The number of aryl methyl sites for hydroxylation is 1. The third-order valence-electron chi connectivity index (χ3n) is 7.98. The SMILES string of the molecule is CCN(CC)c1cc(OC)c(Nc2nccc(-c3cn(C)c4ccccc34)n2)cc1NC(=O)/C=C/CN1CCN(C)CC1. The quantitative estimate of drug-likeness (QED) is 0.240. The molecule has 43 heavy (non-hydrogen) atoms. The molecule has 0 atom stereocenters. The number of nitrogens with zero attached hydrogens (tertiary/aromatic N) is 6. The van der Waals surface area contributed by atoms with Gasteiger partial charge in [0.1, 0.15) is 5.75 Å². The summed E-state index contributed by atoms with van der Waals surface area (Å²) < 4.78 is 7.89. The lowest BCUT2D eigenvalue weighted by molar-refractivity contribution is -0.111. The number of amides is 1. The second kappa shape index (κ2) is 13.7. The fraction of sp³-hybridized carbons (Fsp3) is 0.364. The molecule has 1 saturated heterocycles. The highest BCUT2D eigenvalue weighted by Gasteiger charge is 2.18. The number of para-hydroxylation sites is 1. The number of methoxy groups -OCH3 is 1. The number of benzene rings is 2. The lowest BCUT2D eigenvalue weighted by Gasteiger charge is -2.31. The Hall–Kier alpha value is -4.41. The average Bonchev–Trinajstić information content (AvgIpc) is 3.36. The number of fused-ring (bicyclic) bond motifs is 1. The molecule has 226 valence electrons. The molecule has 10 heteroatoms. The topological polar surface area (TPSA) is 90.8 Å². The van der Waals surface area contributed by atoms with E-state index in [0.717, 1.165) is 73.7 Å². The molecule has 0 unspecified atom stereocenters. The zero-order chi connectivity index (χ0) is 30.3. The lowest BCUT2D eigenvalue weighted by Crippen LogP contribution is -2.44. The molecule has 1 fully saturated rings. The first kappa shape index (κ1) is 30.1. The first-order valence-electron chi connectivity index (χ1n) is 14.9. The van der Waals surface area contributed by atoms with Crippen LogP contribution in [0.25, 0.3) is 22.2 Å². The zero-order valence-electron chi connectivity index (χ0n) is 25.8. The van der Waals surface area contributed by atoms with E-state index in [9.17, 15) is 4.79 Å². The van der Waals surface area contributed by atoms with Crippen molar-refractivity contribution in [2.75, 3.05) is 75.5 Å². The van der Waals surface area contributed by atoms with Crippen molar-refractivity contribution in [2.45, 2.75) is 13.8 Å². The van der Waals surface area contributed by atoms with Crippen molar-refractivity contribution in [2.24, 2.45) is 7.05 Å². The van der Waals surface area contributed by atoms with Crippen LogP contribution in [-0.4, -0.2) is 90.2 Å². The Labute approximate surface area is 254 Å². The van der Waals surface area contributed by atoms with Gasteiger partial charge in [0.05, 0.1) is 29.9 Å². The van der Waals surface area contributed by atoms with E-state index < -0.39 is 0 Å². The molecule has 0 saturated carbocycles. The molecule has 3 heterocycles. The van der Waals surface area contributed by atoms with Crippen molar-refractivity contribution in [1.82, 2.24) is 24.3 Å². The Bertz CT molecular complexity index is 1590. The number of rotatable bonds is 11. The van der Waals surface area contributed by atoms with E-state index >= 15 is 0 Å². The molecule has 10 nitrogen and oxygen atoms in total. The molecule has 0 aliphatic carbocycles. The number of carbonyl (C=O) groups is 1. The number of carbonyl (C=O) groups excluding carboxylic acids is 1. The summed E-state index contributed by atoms with van der Waals surface area (Å²) in [5, 5.41) is 7.58. The summed E-state index contributed by atoms with van der Waals surface area (Å²) in [5.41, 5.74) is 5.21. The molecule has 1 aliphatic heterocycles. The normalized spacial score (nSPS) is 14.3. The van der Waals surface area contributed by atoms with Crippen LogP contribution in [0.5, 0.6) is 5.75 Å². The molecule has 0 spiro atoms. The third kappa shape index (κ3) is 6.98. The highest BCUT2D eigenvalue weighted by Crippen LogP contribution is 2.38. The molecular weight excluding hydrogens is 540 g/mol. The lowest BCUT2D eigenvalue weighted by atomic mass is 10.1. The summed E-state index contributed by atoms with van der Waals surface area (Å²) in [7, 11) is 5.81. The number of anilines is 4. The molecule has 1 amide bonds. The Morgan fingerprint density at radius 2 is 1.81 bits per heavy atom. The predicted molar refractivity (Wildman–Crippen MR) is 175 cm³/mol. The van der Waals surface area contributed by atoms with Crippen LogP contribution in [0, 0.1) is 0 Å². The van der Waals surface area contributed by atoms with Gasteiger partial charge in [0, 0.05) is 93.9 Å². The van der Waals surface area contributed by atoms with Crippen LogP contribution < -0.4 is 20.3 Å². The van der Waals surface area contributed by atoms with Crippen LogP contribution in [0.1, 0.15) is 13.8 Å². The first-order chi connectivity index (χ1) is 20.9. The second-order valence-corrected chi connectivity index (χ2v) is 10.8. The maximum atomic E-state index is 13.1. The van der Waals surface area contributed by atoms with Crippen molar-refractivity contribution < 1.29 is 9.53 Å². The Morgan fingerprint density at radius 1 is 1.05 bits per heavy atom. The summed E-state index contributed by atoms with van der Waals surface area (Å²) in [6.07, 6.45) is 7.39. The van der Waals surface area contributed by atoms with Gasteiger partial charge in [-0.3, -0.25) is 9.69 Å². The monoisotopic (exact) mass is 582 g/mol. The first-order valence-corrected chi connectivity index (χ1v) is 14.9. The maximum absolute atomic E-state index is 13.1. The number of nitrogens with one attached hydrogen (secondary N) is 2. The standard InChI is InChI=1S/C33H42N8O2/c1-6-41(7-2)30-22-31(43-5)28(21-27(30)35-32(42)13-10-16-40-19-17-38(3)18-20-40)37-33-34-15-14-26(36-33)25-23-39(4)29-12-9-8-11-24(25)29/h8-15,21-23H,6-7,16-20H2,1-5H3,(H,35,42)(H,34,36,37)/b13-10+. The molecule has 2 aromatic carbocycles. The highest BCUT2D eigenvalue weighted by atomic mass is 16.5. The van der Waals surface area contributed by atoms with Crippen LogP contribution >= 0.6 is 0 Å². The Morgan fingerprint density at radius 3 is 2.56 bits per heavy atom. The number of likely N-dealkylation sites (N-methyl/N-ethyl adjacent to an activating group) is 1. The summed E-state index contributed by atoms with van der Waals surface area (Å²) in [6, 6.07) is 14.0. The van der Waals surface area contributed by atoms with Crippen molar-refractivity contribution >= 4 is 39.8 Å². The number of hydrogen-bond acceptors (Lipinski definition) is 8. The summed E-state index contributed by atoms with van der Waals surface area (Å²) in [4.78, 5) is 29.3. The van der Waals surface area contributed by atoms with Gasteiger partial charge in [-0.05, 0) is 39.1 Å². The summed E-state index contributed by atoms with van der Waals surface area (Å²) in [6.45, 7) is 10.6. The number of piperazine rings is 1. The van der Waals surface area contributed by atoms with Crippen molar-refractivity contribution in [3.8, 4) is 17.0 Å². The van der Waals surface area contributed by atoms with E-state index in [4.69, 9.17) is 9.72 Å². The molecule has 5 rings (SSSR count). The van der Waals surface area contributed by atoms with Gasteiger partial charge in [-0.15, -0.1) is 0 Å². The van der Waals surface area contributed by atoms with E-state index in [2.05, 4.69) is 74.1 Å². The van der Waals surface area contributed by atoms with Gasteiger partial charge >= 0.3 is 0 Å². The third-order valence-corrected chi connectivity index (χ3v) is 7.98. The van der Waals surface area contributed by atoms with Gasteiger partial charge < -0.3 is 29.7 Å². The van der Waals surface area contributed by atoms with E-state index in [1.807, 2.05) is 43.5 Å². The fourth-order valence-corrected chi connectivity index (χ4v) is 5.51. The number of ether oxygens (including phenoxy) is 1. The van der Waals surface area contributed by atoms with Gasteiger partial charge in [0.25, 0.3) is 0 Å². The average molecular weight is 583 g/mol. The number of hydrogen-bond donors (Lipinski definition) is 2. The Balaban J connectivity index is 1.40. The minimum atomic E-state index is -0.173. The largest absolute Gasteiger partial charge is 0.494 e. The van der Waals surface area contributed by atoms with E-state index in [1.165, 1.54) is 0 Å². The molecule has 4 aromatic rings. The molecule has 0 radical (unpaired) electrons. The summed E-state index contributed by atoms with van der Waals surface area (Å²) >= 11 is 0. The summed E-state index contributed by atoms with van der Waals surface area (Å²) in [5.74, 6) is 0.890. The smallest absolute Gasteiger partial charge is 0.248 e. The van der Waals surface area contributed by atoms with Crippen molar-refractivity contribution in [3.63, 3.8) is 0 Å². The van der Waals surface area contributed by atoms with E-state index in [1.54, 1.807) is 19.4 Å². The maximum Gasteiger partial charge on any atom is 0.248 e. The zero-order valence-corrected chi connectivity index (χ0v) is 25.8. The van der Waals surface area contributed by atoms with Crippen LogP contribution in [-0.2, 0) is 11.8 Å². The van der Waals surface area contributed by atoms with Gasteiger partial charge in [-0.1, -0.05) is 24.3 Å². The van der Waals surface area contributed by atoms with E-state index in [-0.39, 0.29) is 5.91 Å². The van der Waals surface area contributed by atoms with Crippen LogP contribution in [0.3, 0.4) is 0 Å². The van der Waals surface area contributed by atoms with Gasteiger partial charge in [0.15, 0.2) is 0 Å². The minimum absolute atomic E-state index is 0.173. The van der Waals surface area contributed by atoms with Crippen molar-refractivity contribution in [1.29, 1.82) is 0 Å². The molecule has 1 aliphatic rings. The van der Waals surface area contributed by atoms with Crippen LogP contribution in [0.4, 0.5) is 23.0 Å². The van der Waals surface area contributed by atoms with Crippen molar-refractivity contribution in [3.05, 3.63) is 67.0 Å². The van der Waals surface area contributed by atoms with E-state index in [0.29, 0.717) is 23.1 Å². The van der Waals surface area contributed by atoms with Crippen LogP contribution in [0.2, 0.25) is 0 Å². The van der Waals surface area contributed by atoms with Gasteiger partial charge in [-0.25, -0.2) is 9.97 Å². The van der Waals surface area contributed by atoms with Gasteiger partial charge in [0.2, 0.25) is 11.9 Å². The fourth-order valence-electron chi connectivity index (χ4n) is 5.51. The Kier molecular flexibility index (Phi) is 9.58. The molecule has 2 aromatic heterocycles. The predicted octanol–water partition coefficient (Wildman–Crippen LogP) is 4.98. The molecule has 0 bridgehead atoms. The molecular formula is C33H42N8O2. The minimum Gasteiger partial charge on any atom is -0.494 e. The second-order valence-electron chi connectivity index (χ2n) is 10.8. The molecule has 2 N–H and O–H groups in total. The van der Waals surface area contributed by atoms with Gasteiger partial charge in [-0.2, -0.15) is 0 Å².